The second-order valence-corrected chi connectivity index (χ2v) is 3.70. The maximum atomic E-state index is 10.7. The summed E-state index contributed by atoms with van der Waals surface area (Å²) in [6.07, 6.45) is 0. The minimum Gasteiger partial charge on any atom is -0.759 e. The molecule has 0 aliphatic carbocycles. The van der Waals surface area contributed by atoms with Crippen molar-refractivity contribution in [2.75, 3.05) is 0 Å². The van der Waals surface area contributed by atoms with Crippen molar-refractivity contribution >= 4 is 21.4 Å². The van der Waals surface area contributed by atoms with Gasteiger partial charge in [0.2, 0.25) is 0 Å². The van der Waals surface area contributed by atoms with Crippen LogP contribution in [0.2, 0.25) is 0 Å². The van der Waals surface area contributed by atoms with E-state index in [1.807, 2.05) is 0 Å². The van der Waals surface area contributed by atoms with Gasteiger partial charge in [-0.05, 0) is 18.2 Å². The Balaban J connectivity index is 0. The Hall–Kier alpha value is 1.37. The second kappa shape index (κ2) is 10.2. The summed E-state index contributed by atoms with van der Waals surface area (Å²) < 4.78 is 38.9. The summed E-state index contributed by atoms with van der Waals surface area (Å²) in [7, 11) is -5.17. The predicted molar refractivity (Wildman–Crippen MR) is 54.6 cm³/mol. The van der Waals surface area contributed by atoms with Crippen LogP contribution in [0.5, 0.6) is 5.75 Å². The molecule has 0 atom stereocenters. The first-order valence-electron chi connectivity index (χ1n) is 4.15. The smallest absolute Gasteiger partial charge is 0.759 e. The van der Waals surface area contributed by atoms with E-state index in [0.717, 1.165) is 5.39 Å². The molecule has 10 heteroatoms. The number of phenols is 1. The molecular weight excluding hydrogens is 330 g/mol. The van der Waals surface area contributed by atoms with Gasteiger partial charge in [-0.15, -0.1) is 0 Å². The van der Waals surface area contributed by atoms with Gasteiger partial charge < -0.3 is 18.6 Å². The van der Waals surface area contributed by atoms with Crippen molar-refractivity contribution in [2.45, 2.75) is 0 Å². The molecule has 0 saturated heterocycles. The molecule has 0 fully saturated rings. The Morgan fingerprint density at radius 3 is 2.05 bits per heavy atom. The van der Waals surface area contributed by atoms with Crippen LogP contribution in [0, 0.1) is 0 Å². The Bertz CT molecular complexity index is 672. The van der Waals surface area contributed by atoms with E-state index in [1.165, 1.54) is 12.1 Å². The SMILES string of the molecule is O=S(=O)([O-])[O-].O=c1ccc2ccc(O)cc2o1.[K+].[K+]. The van der Waals surface area contributed by atoms with E-state index in [1.54, 1.807) is 18.2 Å². The molecule has 1 heterocycles. The third-order valence-electron chi connectivity index (χ3n) is 1.61. The molecular formula is C9H6K2O7S. The van der Waals surface area contributed by atoms with Crippen LogP contribution in [0.1, 0.15) is 0 Å². The molecule has 0 spiro atoms. The van der Waals surface area contributed by atoms with Gasteiger partial charge in [0.25, 0.3) is 0 Å². The van der Waals surface area contributed by atoms with Gasteiger partial charge in [0.15, 0.2) is 0 Å². The Morgan fingerprint density at radius 2 is 1.53 bits per heavy atom. The number of hydrogen-bond donors (Lipinski definition) is 1. The number of fused-ring (bicyclic) bond motifs is 1. The summed E-state index contributed by atoms with van der Waals surface area (Å²) in [4.78, 5) is 10.7. The van der Waals surface area contributed by atoms with Gasteiger partial charge in [-0.2, -0.15) is 0 Å². The van der Waals surface area contributed by atoms with Crippen LogP contribution in [-0.2, 0) is 10.4 Å². The molecule has 2 aromatic rings. The van der Waals surface area contributed by atoms with Gasteiger partial charge >= 0.3 is 108 Å². The first-order chi connectivity index (χ1) is 7.75. The van der Waals surface area contributed by atoms with Crippen molar-refractivity contribution in [3.05, 3.63) is 40.8 Å². The normalized spacial score (nSPS) is 9.58. The third-order valence-corrected chi connectivity index (χ3v) is 1.61. The molecule has 0 aliphatic rings. The minimum absolute atomic E-state index is 0. The molecule has 0 bridgehead atoms. The van der Waals surface area contributed by atoms with Crippen LogP contribution >= 0.6 is 0 Å². The number of rotatable bonds is 0. The zero-order valence-electron chi connectivity index (χ0n) is 10.2. The van der Waals surface area contributed by atoms with Crippen molar-refractivity contribution in [1.29, 1.82) is 0 Å². The van der Waals surface area contributed by atoms with Gasteiger partial charge in [-0.3, -0.25) is 8.42 Å². The predicted octanol–water partition coefficient (Wildman–Crippen LogP) is -5.83. The molecule has 0 aliphatic heterocycles. The molecule has 92 valence electrons. The van der Waals surface area contributed by atoms with Crippen LogP contribution in [-0.4, -0.2) is 22.6 Å². The van der Waals surface area contributed by atoms with Crippen LogP contribution in [0.4, 0.5) is 0 Å². The van der Waals surface area contributed by atoms with E-state index >= 15 is 0 Å². The first kappa shape index (κ1) is 22.7. The molecule has 0 unspecified atom stereocenters. The van der Waals surface area contributed by atoms with Crippen LogP contribution in [0.25, 0.3) is 11.0 Å². The number of benzene rings is 1. The molecule has 0 radical (unpaired) electrons. The number of phenolic OH excluding ortho intramolecular Hbond substituents is 1. The summed E-state index contributed by atoms with van der Waals surface area (Å²) in [5.74, 6) is 0.0943. The van der Waals surface area contributed by atoms with E-state index in [0.29, 0.717) is 5.58 Å². The van der Waals surface area contributed by atoms with Crippen LogP contribution < -0.4 is 108 Å². The van der Waals surface area contributed by atoms with Crippen LogP contribution in [0.3, 0.4) is 0 Å². The number of hydrogen-bond acceptors (Lipinski definition) is 7. The zero-order chi connectivity index (χ0) is 13.1. The van der Waals surface area contributed by atoms with Crippen molar-refractivity contribution in [3.63, 3.8) is 0 Å². The Morgan fingerprint density at radius 1 is 1.05 bits per heavy atom. The van der Waals surface area contributed by atoms with Crippen molar-refractivity contribution < 1.29 is 130 Å². The van der Waals surface area contributed by atoms with Crippen molar-refractivity contribution in [3.8, 4) is 5.75 Å². The molecule has 1 aromatic heterocycles. The maximum absolute atomic E-state index is 10.7. The molecule has 0 saturated carbocycles. The van der Waals surface area contributed by atoms with Gasteiger partial charge in [-0.1, -0.05) is 0 Å². The maximum Gasteiger partial charge on any atom is 1.00 e. The van der Waals surface area contributed by atoms with Crippen LogP contribution in [0.15, 0.2) is 39.5 Å². The summed E-state index contributed by atoms with van der Waals surface area (Å²) >= 11 is 0. The summed E-state index contributed by atoms with van der Waals surface area (Å²) in [6, 6.07) is 7.65. The topological polar surface area (TPSA) is 131 Å². The Kier molecular flexibility index (Phi) is 12.1. The second-order valence-electron chi connectivity index (χ2n) is 2.88. The largest absolute Gasteiger partial charge is 1.00 e. The van der Waals surface area contributed by atoms with Crippen molar-refractivity contribution in [2.24, 2.45) is 0 Å². The third kappa shape index (κ3) is 10.7. The van der Waals surface area contributed by atoms with Crippen molar-refractivity contribution in [1.82, 2.24) is 0 Å². The molecule has 2 rings (SSSR count). The van der Waals surface area contributed by atoms with E-state index in [9.17, 15) is 4.79 Å². The number of aromatic hydroxyl groups is 1. The fourth-order valence-electron chi connectivity index (χ4n) is 1.05. The summed E-state index contributed by atoms with van der Waals surface area (Å²) in [6.45, 7) is 0. The molecule has 0 amide bonds. The molecule has 1 N–H and O–H groups in total. The summed E-state index contributed by atoms with van der Waals surface area (Å²) in [5.41, 5.74) is -0.00407. The first-order valence-corrected chi connectivity index (χ1v) is 5.48. The van der Waals surface area contributed by atoms with E-state index in [-0.39, 0.29) is 109 Å². The van der Waals surface area contributed by atoms with E-state index < -0.39 is 16.0 Å². The fraction of sp³-hybridized carbons (Fsp3) is 0. The van der Waals surface area contributed by atoms with Gasteiger partial charge in [0.05, 0.1) is 0 Å². The van der Waals surface area contributed by atoms with E-state index in [2.05, 4.69) is 0 Å². The van der Waals surface area contributed by atoms with Gasteiger partial charge in [0.1, 0.15) is 11.3 Å². The molecule has 19 heavy (non-hydrogen) atoms. The quantitative estimate of drug-likeness (QED) is 0.219. The monoisotopic (exact) mass is 336 g/mol. The standard InChI is InChI=1S/C9H6O3.2K.H2O4S/c10-7-3-1-6-2-4-9(11)12-8(6)5-7;;;1-5(2,3)4/h1-5,10H;;;(H2,1,2,3,4)/q;2*+1;/p-2. The zero-order valence-corrected chi connectivity index (χ0v) is 17.3. The Labute approximate surface area is 193 Å². The average molecular weight is 336 g/mol. The molecule has 7 nitrogen and oxygen atoms in total. The average Bonchev–Trinajstić information content (AvgIpc) is 2.14. The van der Waals surface area contributed by atoms with Gasteiger partial charge in [-0.25, -0.2) is 4.79 Å². The summed E-state index contributed by atoms with van der Waals surface area (Å²) in [5, 5.41) is 9.86. The van der Waals surface area contributed by atoms with Gasteiger partial charge in [0, 0.05) is 27.9 Å². The molecule has 1 aromatic carbocycles. The fourth-order valence-corrected chi connectivity index (χ4v) is 1.05. The van der Waals surface area contributed by atoms with E-state index in [4.69, 9.17) is 27.0 Å². The minimum atomic E-state index is -5.17.